The van der Waals surface area contributed by atoms with Gasteiger partial charge in [0.05, 0.1) is 6.10 Å². The van der Waals surface area contributed by atoms with Gasteiger partial charge in [0.1, 0.15) is 0 Å². The van der Waals surface area contributed by atoms with E-state index >= 15 is 0 Å². The monoisotopic (exact) mass is 243 g/mol. The van der Waals surface area contributed by atoms with E-state index in [1.807, 2.05) is 0 Å². The molecule has 0 aromatic rings. The molecule has 1 heterocycles. The average Bonchev–Trinajstić information content (AvgIpc) is 2.72. The van der Waals surface area contributed by atoms with Crippen LogP contribution >= 0.6 is 0 Å². The molecular weight excluding hydrogens is 222 g/mol. The maximum Gasteiger partial charge on any atom is 0.332 e. The lowest BCUT2D eigenvalue weighted by Crippen LogP contribution is -2.33. The van der Waals surface area contributed by atoms with E-state index in [-0.39, 0.29) is 12.0 Å². The van der Waals surface area contributed by atoms with Crippen LogP contribution in [0, 0.1) is 5.92 Å². The highest BCUT2D eigenvalue weighted by Crippen LogP contribution is 2.19. The Kier molecular flexibility index (Phi) is 5.41. The molecule has 2 atom stereocenters. The average molecular weight is 243 g/mol. The van der Waals surface area contributed by atoms with E-state index in [1.54, 1.807) is 0 Å². The van der Waals surface area contributed by atoms with Crippen LogP contribution in [-0.2, 0) is 14.3 Å². The van der Waals surface area contributed by atoms with Gasteiger partial charge >= 0.3 is 5.97 Å². The number of hydrogen-bond donors (Lipinski definition) is 2. The molecule has 0 spiro atoms. The van der Waals surface area contributed by atoms with Crippen LogP contribution in [0.1, 0.15) is 39.5 Å². The number of hydrogen-bond acceptors (Lipinski definition) is 3. The first-order chi connectivity index (χ1) is 7.99. The lowest BCUT2D eigenvalue weighted by atomic mass is 10.1. The van der Waals surface area contributed by atoms with Gasteiger partial charge in [-0.25, -0.2) is 4.79 Å². The van der Waals surface area contributed by atoms with Crippen molar-refractivity contribution in [2.24, 2.45) is 5.92 Å². The first-order valence-electron chi connectivity index (χ1n) is 6.14. The first kappa shape index (κ1) is 14.0. The Balaban J connectivity index is 2.15. The topological polar surface area (TPSA) is 75.6 Å². The maximum atomic E-state index is 11.4. The summed E-state index contributed by atoms with van der Waals surface area (Å²) in [5, 5.41) is 11.5. The molecule has 0 radical (unpaired) electrons. The number of rotatable bonds is 6. The summed E-state index contributed by atoms with van der Waals surface area (Å²) in [6.07, 6.45) is 1.76. The van der Waals surface area contributed by atoms with Gasteiger partial charge in [-0.2, -0.15) is 0 Å². The van der Waals surface area contributed by atoms with Crippen molar-refractivity contribution in [2.45, 2.75) is 51.7 Å². The quantitative estimate of drug-likeness (QED) is 0.734. The Bertz CT molecular complexity index is 278. The van der Waals surface area contributed by atoms with Crippen molar-refractivity contribution in [1.82, 2.24) is 5.32 Å². The van der Waals surface area contributed by atoms with Gasteiger partial charge in [0.25, 0.3) is 0 Å². The molecule has 17 heavy (non-hydrogen) atoms. The number of nitrogens with one attached hydrogen (secondary N) is 1. The van der Waals surface area contributed by atoms with Crippen LogP contribution in [0.2, 0.25) is 0 Å². The third-order valence-electron chi connectivity index (χ3n) is 2.86. The van der Waals surface area contributed by atoms with Gasteiger partial charge in [0.2, 0.25) is 5.91 Å². The summed E-state index contributed by atoms with van der Waals surface area (Å²) in [5.74, 6) is -0.389. The van der Waals surface area contributed by atoms with Crippen molar-refractivity contribution >= 4 is 11.9 Å². The SMILES string of the molecule is CC(C)CCC(=O)NCC1CCC(C(=O)O)O1. The Labute approximate surface area is 102 Å². The molecule has 1 fully saturated rings. The van der Waals surface area contributed by atoms with Crippen molar-refractivity contribution < 1.29 is 19.4 Å². The van der Waals surface area contributed by atoms with Crippen LogP contribution in [0.15, 0.2) is 0 Å². The van der Waals surface area contributed by atoms with E-state index in [4.69, 9.17) is 9.84 Å². The third-order valence-corrected chi connectivity index (χ3v) is 2.86. The van der Waals surface area contributed by atoms with Gasteiger partial charge in [0, 0.05) is 13.0 Å². The van der Waals surface area contributed by atoms with E-state index in [2.05, 4.69) is 19.2 Å². The standard InChI is InChI=1S/C12H21NO4/c1-8(2)3-6-11(14)13-7-9-4-5-10(17-9)12(15)16/h8-10H,3-7H2,1-2H3,(H,13,14)(H,15,16). The number of carboxylic acids is 1. The maximum absolute atomic E-state index is 11.4. The van der Waals surface area contributed by atoms with E-state index in [1.165, 1.54) is 0 Å². The van der Waals surface area contributed by atoms with Crippen LogP contribution < -0.4 is 5.32 Å². The zero-order valence-corrected chi connectivity index (χ0v) is 10.4. The van der Waals surface area contributed by atoms with Gasteiger partial charge in [0.15, 0.2) is 6.10 Å². The minimum absolute atomic E-state index is 0.0149. The summed E-state index contributed by atoms with van der Waals surface area (Å²) < 4.78 is 5.28. The number of carboxylic acid groups (broad SMARTS) is 1. The van der Waals surface area contributed by atoms with E-state index in [9.17, 15) is 9.59 Å². The molecule has 0 aromatic heterocycles. The van der Waals surface area contributed by atoms with Crippen molar-refractivity contribution in [1.29, 1.82) is 0 Å². The van der Waals surface area contributed by atoms with Crippen LogP contribution in [0.5, 0.6) is 0 Å². The minimum atomic E-state index is -0.918. The molecular formula is C12H21NO4. The molecule has 0 bridgehead atoms. The molecule has 1 aliphatic heterocycles. The molecule has 0 saturated carbocycles. The highest BCUT2D eigenvalue weighted by molar-refractivity contribution is 5.76. The highest BCUT2D eigenvalue weighted by Gasteiger charge is 2.30. The Morgan fingerprint density at radius 1 is 1.41 bits per heavy atom. The van der Waals surface area contributed by atoms with Gasteiger partial charge in [-0.3, -0.25) is 4.79 Å². The number of ether oxygens (including phenoxy) is 1. The van der Waals surface area contributed by atoms with Gasteiger partial charge in [-0.15, -0.1) is 0 Å². The normalized spacial score (nSPS) is 23.9. The van der Waals surface area contributed by atoms with Crippen molar-refractivity contribution in [3.63, 3.8) is 0 Å². The van der Waals surface area contributed by atoms with Crippen LogP contribution in [-0.4, -0.2) is 35.7 Å². The zero-order valence-electron chi connectivity index (χ0n) is 10.4. The summed E-state index contributed by atoms with van der Waals surface area (Å²) in [7, 11) is 0. The fourth-order valence-corrected chi connectivity index (χ4v) is 1.77. The number of amides is 1. The smallest absolute Gasteiger partial charge is 0.332 e. The third kappa shape index (κ3) is 5.17. The highest BCUT2D eigenvalue weighted by atomic mass is 16.5. The lowest BCUT2D eigenvalue weighted by Gasteiger charge is -2.12. The largest absolute Gasteiger partial charge is 0.479 e. The molecule has 1 saturated heterocycles. The van der Waals surface area contributed by atoms with Crippen molar-refractivity contribution in [3.8, 4) is 0 Å². The minimum Gasteiger partial charge on any atom is -0.479 e. The number of aliphatic carboxylic acids is 1. The Morgan fingerprint density at radius 2 is 2.12 bits per heavy atom. The predicted molar refractivity (Wildman–Crippen MR) is 62.6 cm³/mol. The lowest BCUT2D eigenvalue weighted by molar-refractivity contribution is -0.149. The molecule has 5 heteroatoms. The first-order valence-corrected chi connectivity index (χ1v) is 6.14. The molecule has 1 amide bonds. The fraction of sp³-hybridized carbons (Fsp3) is 0.833. The Hall–Kier alpha value is -1.10. The molecule has 1 rings (SSSR count). The molecule has 98 valence electrons. The van der Waals surface area contributed by atoms with Gasteiger partial charge in [-0.1, -0.05) is 13.8 Å². The predicted octanol–water partition coefficient (Wildman–Crippen LogP) is 1.17. The summed E-state index contributed by atoms with van der Waals surface area (Å²) in [4.78, 5) is 22.1. The second kappa shape index (κ2) is 6.59. The molecule has 1 aliphatic rings. The van der Waals surface area contributed by atoms with Crippen LogP contribution in [0.25, 0.3) is 0 Å². The second-order valence-corrected chi connectivity index (χ2v) is 4.90. The van der Waals surface area contributed by atoms with Crippen molar-refractivity contribution in [2.75, 3.05) is 6.54 Å². The van der Waals surface area contributed by atoms with Crippen molar-refractivity contribution in [3.05, 3.63) is 0 Å². The van der Waals surface area contributed by atoms with Gasteiger partial charge in [-0.05, 0) is 25.2 Å². The molecule has 0 aromatic carbocycles. The second-order valence-electron chi connectivity index (χ2n) is 4.90. The van der Waals surface area contributed by atoms with Gasteiger partial charge < -0.3 is 15.2 Å². The summed E-state index contributed by atoms with van der Waals surface area (Å²) >= 11 is 0. The van der Waals surface area contributed by atoms with E-state index in [0.717, 1.165) is 6.42 Å². The molecule has 2 unspecified atom stereocenters. The number of carbonyl (C=O) groups excluding carboxylic acids is 1. The fourth-order valence-electron chi connectivity index (χ4n) is 1.77. The Morgan fingerprint density at radius 3 is 2.65 bits per heavy atom. The zero-order chi connectivity index (χ0) is 12.8. The van der Waals surface area contributed by atoms with E-state index in [0.29, 0.717) is 31.7 Å². The summed E-state index contributed by atoms with van der Waals surface area (Å²) in [5.41, 5.74) is 0. The van der Waals surface area contributed by atoms with Crippen LogP contribution in [0.4, 0.5) is 0 Å². The van der Waals surface area contributed by atoms with E-state index < -0.39 is 12.1 Å². The number of carbonyl (C=O) groups is 2. The molecule has 0 aliphatic carbocycles. The molecule has 2 N–H and O–H groups in total. The van der Waals surface area contributed by atoms with Crippen LogP contribution in [0.3, 0.4) is 0 Å². The summed E-state index contributed by atoms with van der Waals surface area (Å²) in [6.45, 7) is 4.57. The summed E-state index contributed by atoms with van der Waals surface area (Å²) in [6, 6.07) is 0. The molecule has 5 nitrogen and oxygen atoms in total.